The third-order valence-electron chi connectivity index (χ3n) is 3.44. The van der Waals surface area contributed by atoms with Crippen LogP contribution in [0.3, 0.4) is 0 Å². The quantitative estimate of drug-likeness (QED) is 0.791. The summed E-state index contributed by atoms with van der Waals surface area (Å²) in [5.74, 6) is -0.374. The van der Waals surface area contributed by atoms with Crippen molar-refractivity contribution in [3.05, 3.63) is 48.0 Å². The van der Waals surface area contributed by atoms with E-state index in [4.69, 9.17) is 9.47 Å². The van der Waals surface area contributed by atoms with Gasteiger partial charge in [0.1, 0.15) is 6.10 Å². The van der Waals surface area contributed by atoms with Gasteiger partial charge in [-0.3, -0.25) is 4.79 Å². The molecular formula is C16H18O4. The molecule has 106 valence electrons. The van der Waals surface area contributed by atoms with Gasteiger partial charge >= 0.3 is 5.97 Å². The van der Waals surface area contributed by atoms with Crippen LogP contribution in [0.4, 0.5) is 0 Å². The van der Waals surface area contributed by atoms with Gasteiger partial charge in [-0.1, -0.05) is 18.2 Å². The Bertz CT molecular complexity index is 521. The zero-order valence-electron chi connectivity index (χ0n) is 11.7. The lowest BCUT2D eigenvalue weighted by Crippen LogP contribution is -2.39. The third-order valence-corrected chi connectivity index (χ3v) is 3.44. The summed E-state index contributed by atoms with van der Waals surface area (Å²) in [5, 5.41) is 0. The first kappa shape index (κ1) is 14.5. The van der Waals surface area contributed by atoms with Crippen molar-refractivity contribution in [2.75, 3.05) is 13.7 Å². The molecule has 2 unspecified atom stereocenters. The molecule has 0 aromatic heterocycles. The van der Waals surface area contributed by atoms with E-state index in [0.717, 1.165) is 0 Å². The number of carbonyl (C=O) groups excluding carboxylic acids is 2. The first-order chi connectivity index (χ1) is 9.55. The zero-order chi connectivity index (χ0) is 14.6. The number of carbonyl (C=O) groups is 2. The van der Waals surface area contributed by atoms with E-state index in [1.54, 1.807) is 37.5 Å². The number of allylic oxidation sites excluding steroid dienone is 1. The summed E-state index contributed by atoms with van der Waals surface area (Å²) in [6, 6.07) is 8.81. The molecule has 1 aromatic carbocycles. The van der Waals surface area contributed by atoms with Gasteiger partial charge in [-0.25, -0.2) is 4.79 Å². The molecule has 0 bridgehead atoms. The number of ketones is 1. The van der Waals surface area contributed by atoms with E-state index < -0.39 is 11.5 Å². The fourth-order valence-corrected chi connectivity index (χ4v) is 2.32. The van der Waals surface area contributed by atoms with Crippen molar-refractivity contribution >= 4 is 11.8 Å². The van der Waals surface area contributed by atoms with Gasteiger partial charge in [0, 0.05) is 13.5 Å². The van der Waals surface area contributed by atoms with E-state index in [2.05, 4.69) is 0 Å². The molecule has 2 atom stereocenters. The number of ether oxygens (including phenoxy) is 2. The SMILES string of the molecule is COCC1(C)CC(OC(=O)c2ccccc2)C=CC1=O. The van der Waals surface area contributed by atoms with Crippen molar-refractivity contribution in [3.8, 4) is 0 Å². The van der Waals surface area contributed by atoms with Gasteiger partial charge < -0.3 is 9.47 Å². The summed E-state index contributed by atoms with van der Waals surface area (Å²) in [6.45, 7) is 2.14. The Labute approximate surface area is 118 Å². The number of esters is 1. The standard InChI is InChI=1S/C16H18O4/c1-16(11-19-2)10-13(8-9-14(16)17)20-15(18)12-6-4-3-5-7-12/h3-9,13H,10-11H2,1-2H3. The summed E-state index contributed by atoms with van der Waals surface area (Å²) in [7, 11) is 1.56. The van der Waals surface area contributed by atoms with Gasteiger partial charge in [-0.05, 0) is 31.2 Å². The maximum atomic E-state index is 12.0. The summed E-state index contributed by atoms with van der Waals surface area (Å²) in [6.07, 6.45) is 3.15. The number of hydrogen-bond acceptors (Lipinski definition) is 4. The van der Waals surface area contributed by atoms with Crippen LogP contribution < -0.4 is 0 Å². The van der Waals surface area contributed by atoms with Crippen molar-refractivity contribution in [1.82, 2.24) is 0 Å². The Kier molecular flexibility index (Phi) is 4.35. The average molecular weight is 274 g/mol. The van der Waals surface area contributed by atoms with Gasteiger partial charge in [0.2, 0.25) is 0 Å². The van der Waals surface area contributed by atoms with Crippen LogP contribution in [0.25, 0.3) is 0 Å². The Morgan fingerprint density at radius 3 is 2.70 bits per heavy atom. The molecule has 20 heavy (non-hydrogen) atoms. The van der Waals surface area contributed by atoms with Gasteiger partial charge in [0.15, 0.2) is 5.78 Å². The highest BCUT2D eigenvalue weighted by atomic mass is 16.5. The second-order valence-electron chi connectivity index (χ2n) is 5.23. The molecule has 0 radical (unpaired) electrons. The van der Waals surface area contributed by atoms with Crippen LogP contribution in [-0.2, 0) is 14.3 Å². The molecule has 0 N–H and O–H groups in total. The van der Waals surface area contributed by atoms with Crippen LogP contribution in [0.5, 0.6) is 0 Å². The average Bonchev–Trinajstić information content (AvgIpc) is 2.44. The first-order valence-electron chi connectivity index (χ1n) is 6.53. The topological polar surface area (TPSA) is 52.6 Å². The second-order valence-corrected chi connectivity index (χ2v) is 5.23. The Morgan fingerprint density at radius 2 is 2.05 bits per heavy atom. The van der Waals surface area contributed by atoms with Gasteiger partial charge in [0.25, 0.3) is 0 Å². The molecule has 0 spiro atoms. The smallest absolute Gasteiger partial charge is 0.338 e. The second kappa shape index (κ2) is 6.01. The number of benzene rings is 1. The van der Waals surface area contributed by atoms with Crippen LogP contribution >= 0.6 is 0 Å². The van der Waals surface area contributed by atoms with Crippen molar-refractivity contribution in [3.63, 3.8) is 0 Å². The summed E-state index contributed by atoms with van der Waals surface area (Å²) in [4.78, 5) is 23.9. The predicted octanol–water partition coefficient (Wildman–Crippen LogP) is 2.39. The van der Waals surface area contributed by atoms with Crippen molar-refractivity contribution < 1.29 is 19.1 Å². The fraction of sp³-hybridized carbons (Fsp3) is 0.375. The predicted molar refractivity (Wildman–Crippen MR) is 74.4 cm³/mol. The maximum absolute atomic E-state index is 12.0. The van der Waals surface area contributed by atoms with Crippen LogP contribution in [-0.4, -0.2) is 31.6 Å². The van der Waals surface area contributed by atoms with E-state index in [1.807, 2.05) is 13.0 Å². The molecular weight excluding hydrogens is 256 g/mol. The molecule has 0 saturated carbocycles. The van der Waals surface area contributed by atoms with E-state index in [1.165, 1.54) is 6.08 Å². The minimum Gasteiger partial charge on any atom is -0.454 e. The number of rotatable bonds is 4. The van der Waals surface area contributed by atoms with E-state index >= 15 is 0 Å². The zero-order valence-corrected chi connectivity index (χ0v) is 11.7. The number of hydrogen-bond donors (Lipinski definition) is 0. The Balaban J connectivity index is 2.06. The Hall–Kier alpha value is -1.94. The fourth-order valence-electron chi connectivity index (χ4n) is 2.32. The highest BCUT2D eigenvalue weighted by Crippen LogP contribution is 2.31. The molecule has 0 amide bonds. The molecule has 1 aromatic rings. The van der Waals surface area contributed by atoms with Crippen LogP contribution in [0.2, 0.25) is 0 Å². The molecule has 0 saturated heterocycles. The van der Waals surface area contributed by atoms with Crippen molar-refractivity contribution in [1.29, 1.82) is 0 Å². The maximum Gasteiger partial charge on any atom is 0.338 e. The minimum absolute atomic E-state index is 0.00589. The van der Waals surface area contributed by atoms with Gasteiger partial charge in [-0.2, -0.15) is 0 Å². The molecule has 4 heteroatoms. The first-order valence-corrected chi connectivity index (χ1v) is 6.53. The molecule has 2 rings (SSSR count). The highest BCUT2D eigenvalue weighted by molar-refractivity contribution is 5.96. The lowest BCUT2D eigenvalue weighted by molar-refractivity contribution is -0.128. The minimum atomic E-state index is -0.634. The Morgan fingerprint density at radius 1 is 1.35 bits per heavy atom. The lowest BCUT2D eigenvalue weighted by atomic mass is 9.77. The summed E-state index contributed by atoms with van der Waals surface area (Å²) >= 11 is 0. The van der Waals surface area contributed by atoms with Gasteiger partial charge in [0.05, 0.1) is 17.6 Å². The molecule has 1 aliphatic carbocycles. The monoisotopic (exact) mass is 274 g/mol. The van der Waals surface area contributed by atoms with Crippen LogP contribution in [0.15, 0.2) is 42.5 Å². The number of methoxy groups -OCH3 is 1. The van der Waals surface area contributed by atoms with E-state index in [-0.39, 0.29) is 11.8 Å². The molecule has 4 nitrogen and oxygen atoms in total. The molecule has 0 aliphatic heterocycles. The normalized spacial score (nSPS) is 25.5. The van der Waals surface area contributed by atoms with Crippen LogP contribution in [0.1, 0.15) is 23.7 Å². The van der Waals surface area contributed by atoms with Crippen molar-refractivity contribution in [2.24, 2.45) is 5.41 Å². The van der Waals surface area contributed by atoms with Gasteiger partial charge in [-0.15, -0.1) is 0 Å². The largest absolute Gasteiger partial charge is 0.454 e. The summed E-state index contributed by atoms with van der Waals surface area (Å²) < 4.78 is 10.5. The molecule has 0 heterocycles. The lowest BCUT2D eigenvalue weighted by Gasteiger charge is -2.32. The van der Waals surface area contributed by atoms with Crippen LogP contribution in [0, 0.1) is 5.41 Å². The van der Waals surface area contributed by atoms with E-state index in [9.17, 15) is 9.59 Å². The highest BCUT2D eigenvalue weighted by Gasteiger charge is 2.38. The third kappa shape index (κ3) is 3.14. The summed E-state index contributed by atoms with van der Waals surface area (Å²) in [5.41, 5.74) is -0.128. The van der Waals surface area contributed by atoms with Crippen molar-refractivity contribution in [2.45, 2.75) is 19.4 Å². The molecule has 0 fully saturated rings. The van der Waals surface area contributed by atoms with E-state index in [0.29, 0.717) is 18.6 Å². The molecule has 1 aliphatic rings.